The number of rotatable bonds is 5. The number of hydrogen-bond donors (Lipinski definition) is 1. The van der Waals surface area contributed by atoms with E-state index in [0.29, 0.717) is 5.92 Å². The Morgan fingerprint density at radius 2 is 2.00 bits per heavy atom. The number of halogens is 2. The van der Waals surface area contributed by atoms with Crippen LogP contribution in [-0.4, -0.2) is 30.6 Å². The Balaban J connectivity index is 1.89. The summed E-state index contributed by atoms with van der Waals surface area (Å²) in [4.78, 5) is 2.48. The van der Waals surface area contributed by atoms with E-state index in [2.05, 4.69) is 24.1 Å². The van der Waals surface area contributed by atoms with Gasteiger partial charge in [0.15, 0.2) is 0 Å². The molecule has 1 saturated heterocycles. The topological polar surface area (TPSA) is 15.3 Å². The van der Waals surface area contributed by atoms with Crippen LogP contribution >= 0.6 is 0 Å². The zero-order chi connectivity index (χ0) is 14.5. The monoisotopic (exact) mass is 282 g/mol. The van der Waals surface area contributed by atoms with Crippen LogP contribution in [0.1, 0.15) is 33.1 Å². The van der Waals surface area contributed by atoms with Gasteiger partial charge in [-0.2, -0.15) is 0 Å². The predicted octanol–water partition coefficient (Wildman–Crippen LogP) is 3.89. The van der Waals surface area contributed by atoms with Crippen molar-refractivity contribution >= 4 is 5.69 Å². The number of benzene rings is 1. The van der Waals surface area contributed by atoms with E-state index in [9.17, 15) is 8.78 Å². The molecule has 2 rings (SSSR count). The third-order valence-corrected chi connectivity index (χ3v) is 4.19. The third kappa shape index (κ3) is 3.92. The van der Waals surface area contributed by atoms with Crippen molar-refractivity contribution in [2.24, 2.45) is 5.92 Å². The van der Waals surface area contributed by atoms with Gasteiger partial charge < -0.3 is 10.2 Å². The maximum absolute atomic E-state index is 13.6. The van der Waals surface area contributed by atoms with Crippen molar-refractivity contribution in [3.8, 4) is 0 Å². The second-order valence-corrected chi connectivity index (χ2v) is 5.74. The van der Waals surface area contributed by atoms with Crippen molar-refractivity contribution in [1.82, 2.24) is 4.90 Å². The summed E-state index contributed by atoms with van der Waals surface area (Å²) < 4.78 is 26.8. The fourth-order valence-corrected chi connectivity index (χ4v) is 2.96. The van der Waals surface area contributed by atoms with Crippen molar-refractivity contribution in [2.45, 2.75) is 39.2 Å². The molecule has 0 spiro atoms. The summed E-state index contributed by atoms with van der Waals surface area (Å²) in [6, 6.07) is 3.72. The van der Waals surface area contributed by atoms with Crippen LogP contribution in [0.4, 0.5) is 14.5 Å². The first-order valence-electron chi connectivity index (χ1n) is 7.54. The average Bonchev–Trinajstić information content (AvgIpc) is 2.44. The highest BCUT2D eigenvalue weighted by Crippen LogP contribution is 2.24. The summed E-state index contributed by atoms with van der Waals surface area (Å²) in [6.45, 7) is 7.63. The second kappa shape index (κ2) is 7.02. The van der Waals surface area contributed by atoms with Gasteiger partial charge in [0.1, 0.15) is 11.6 Å². The van der Waals surface area contributed by atoms with Crippen molar-refractivity contribution in [2.75, 3.05) is 25.0 Å². The van der Waals surface area contributed by atoms with E-state index in [1.807, 2.05) is 0 Å². The molecule has 1 aromatic rings. The number of likely N-dealkylation sites (tertiary alicyclic amines) is 1. The predicted molar refractivity (Wildman–Crippen MR) is 78.9 cm³/mol. The van der Waals surface area contributed by atoms with Gasteiger partial charge in [-0.05, 0) is 69.9 Å². The van der Waals surface area contributed by atoms with Crippen LogP contribution in [0.15, 0.2) is 18.2 Å². The summed E-state index contributed by atoms with van der Waals surface area (Å²) >= 11 is 0. The lowest BCUT2D eigenvalue weighted by Crippen LogP contribution is -2.39. The Hall–Kier alpha value is -1.16. The highest BCUT2D eigenvalue weighted by Gasteiger charge is 2.24. The number of hydrogen-bond acceptors (Lipinski definition) is 2. The zero-order valence-corrected chi connectivity index (χ0v) is 12.3. The number of anilines is 1. The molecule has 1 fully saturated rings. The Bertz CT molecular complexity index is 428. The molecule has 2 nitrogen and oxygen atoms in total. The molecule has 0 amide bonds. The minimum absolute atomic E-state index is 0.162. The minimum Gasteiger partial charge on any atom is -0.380 e. The van der Waals surface area contributed by atoms with Crippen LogP contribution < -0.4 is 5.32 Å². The first kappa shape index (κ1) is 15.2. The van der Waals surface area contributed by atoms with Gasteiger partial charge in [-0.1, -0.05) is 6.92 Å². The highest BCUT2D eigenvalue weighted by atomic mass is 19.1. The highest BCUT2D eigenvalue weighted by molar-refractivity contribution is 5.45. The molecule has 1 heterocycles. The van der Waals surface area contributed by atoms with Gasteiger partial charge in [-0.25, -0.2) is 8.78 Å². The van der Waals surface area contributed by atoms with Gasteiger partial charge in [0.2, 0.25) is 0 Å². The molecule has 0 aromatic heterocycles. The lowest BCUT2D eigenvalue weighted by Gasteiger charge is -2.35. The van der Waals surface area contributed by atoms with Gasteiger partial charge in [-0.3, -0.25) is 0 Å². The van der Waals surface area contributed by atoms with Gasteiger partial charge >= 0.3 is 0 Å². The van der Waals surface area contributed by atoms with Crippen molar-refractivity contribution in [3.05, 3.63) is 29.8 Å². The van der Waals surface area contributed by atoms with Gasteiger partial charge in [0.25, 0.3) is 0 Å². The summed E-state index contributed by atoms with van der Waals surface area (Å²) in [5.41, 5.74) is 0.272. The fraction of sp³-hybridized carbons (Fsp3) is 0.625. The molecule has 1 unspecified atom stereocenters. The van der Waals surface area contributed by atoms with E-state index in [4.69, 9.17) is 0 Å². The molecule has 0 aliphatic carbocycles. The van der Waals surface area contributed by atoms with E-state index in [1.54, 1.807) is 0 Å². The van der Waals surface area contributed by atoms with E-state index >= 15 is 0 Å². The lowest BCUT2D eigenvalue weighted by molar-refractivity contribution is 0.176. The largest absolute Gasteiger partial charge is 0.380 e. The summed E-state index contributed by atoms with van der Waals surface area (Å²) in [5, 5.41) is 3.13. The Labute approximate surface area is 120 Å². The molecule has 112 valence electrons. The average molecular weight is 282 g/mol. The SMILES string of the molecule is CCCN1CCC(C(C)Nc2cc(F)ccc2F)CC1. The maximum Gasteiger partial charge on any atom is 0.146 e. The zero-order valence-electron chi connectivity index (χ0n) is 12.3. The summed E-state index contributed by atoms with van der Waals surface area (Å²) in [7, 11) is 0. The summed E-state index contributed by atoms with van der Waals surface area (Å²) in [5.74, 6) is -0.272. The molecule has 1 N–H and O–H groups in total. The molecule has 4 heteroatoms. The van der Waals surface area contributed by atoms with Crippen LogP contribution in [0, 0.1) is 17.6 Å². The van der Waals surface area contributed by atoms with Crippen LogP contribution in [0.5, 0.6) is 0 Å². The third-order valence-electron chi connectivity index (χ3n) is 4.19. The molecular formula is C16H24F2N2. The lowest BCUT2D eigenvalue weighted by atomic mass is 9.90. The molecule has 0 saturated carbocycles. The molecule has 1 aliphatic heterocycles. The molecular weight excluding hydrogens is 258 g/mol. The number of piperidine rings is 1. The van der Waals surface area contributed by atoms with E-state index < -0.39 is 5.82 Å². The second-order valence-electron chi connectivity index (χ2n) is 5.74. The molecule has 1 aromatic carbocycles. The standard InChI is InChI=1S/C16H24F2N2/c1-3-8-20-9-6-13(7-10-20)12(2)19-16-11-14(17)4-5-15(16)18/h4-5,11-13,19H,3,6-10H2,1-2H3. The number of nitrogens with zero attached hydrogens (tertiary/aromatic N) is 1. The normalized spacial score (nSPS) is 19.0. The smallest absolute Gasteiger partial charge is 0.146 e. The van der Waals surface area contributed by atoms with Crippen LogP contribution in [0.3, 0.4) is 0 Å². The Kier molecular flexibility index (Phi) is 5.35. The van der Waals surface area contributed by atoms with Gasteiger partial charge in [0, 0.05) is 6.04 Å². The quantitative estimate of drug-likeness (QED) is 0.881. The van der Waals surface area contributed by atoms with E-state index in [-0.39, 0.29) is 17.5 Å². The van der Waals surface area contributed by atoms with Gasteiger partial charge in [0.05, 0.1) is 5.69 Å². The molecule has 1 aliphatic rings. The molecule has 0 bridgehead atoms. The van der Waals surface area contributed by atoms with E-state index in [1.165, 1.54) is 18.6 Å². The van der Waals surface area contributed by atoms with E-state index in [0.717, 1.165) is 38.5 Å². The Morgan fingerprint density at radius 1 is 1.30 bits per heavy atom. The Morgan fingerprint density at radius 3 is 2.65 bits per heavy atom. The number of nitrogens with one attached hydrogen (secondary N) is 1. The fourth-order valence-electron chi connectivity index (χ4n) is 2.96. The first-order chi connectivity index (χ1) is 9.60. The van der Waals surface area contributed by atoms with Crippen LogP contribution in [0.25, 0.3) is 0 Å². The minimum atomic E-state index is -0.404. The molecule has 0 radical (unpaired) electrons. The molecule has 1 atom stereocenters. The van der Waals surface area contributed by atoms with Crippen molar-refractivity contribution in [1.29, 1.82) is 0 Å². The summed E-state index contributed by atoms with van der Waals surface area (Å²) in [6.07, 6.45) is 3.42. The first-order valence-corrected chi connectivity index (χ1v) is 7.54. The van der Waals surface area contributed by atoms with Crippen molar-refractivity contribution < 1.29 is 8.78 Å². The van der Waals surface area contributed by atoms with Gasteiger partial charge in [-0.15, -0.1) is 0 Å². The van der Waals surface area contributed by atoms with Crippen molar-refractivity contribution in [3.63, 3.8) is 0 Å². The van der Waals surface area contributed by atoms with Crippen LogP contribution in [-0.2, 0) is 0 Å². The maximum atomic E-state index is 13.6. The van der Waals surface area contributed by atoms with Crippen LogP contribution in [0.2, 0.25) is 0 Å². The molecule has 20 heavy (non-hydrogen) atoms.